The standard InChI is InChI=1S/C16H25NO2/c1-14(2)13-15-3-5-16(6-4-15)19-12-9-17-7-10-18-11-8-17/h3-6,14H,7-13H2,1-2H3. The van der Waals surface area contributed by atoms with Crippen molar-refractivity contribution in [1.29, 1.82) is 0 Å². The summed E-state index contributed by atoms with van der Waals surface area (Å²) in [5, 5.41) is 0. The van der Waals surface area contributed by atoms with Gasteiger partial charge in [0.05, 0.1) is 13.2 Å². The molecule has 2 rings (SSSR count). The number of hydrogen-bond acceptors (Lipinski definition) is 3. The molecule has 1 aromatic carbocycles. The number of nitrogens with zero attached hydrogens (tertiary/aromatic N) is 1. The molecule has 3 nitrogen and oxygen atoms in total. The summed E-state index contributed by atoms with van der Waals surface area (Å²) in [5.74, 6) is 1.67. The smallest absolute Gasteiger partial charge is 0.119 e. The average molecular weight is 263 g/mol. The summed E-state index contributed by atoms with van der Waals surface area (Å²) in [6, 6.07) is 8.50. The van der Waals surface area contributed by atoms with Gasteiger partial charge in [-0.1, -0.05) is 26.0 Å². The summed E-state index contributed by atoms with van der Waals surface area (Å²) in [7, 11) is 0. The van der Waals surface area contributed by atoms with E-state index in [2.05, 4.69) is 43.0 Å². The lowest BCUT2D eigenvalue weighted by molar-refractivity contribution is 0.0322. The predicted octanol–water partition coefficient (Wildman–Crippen LogP) is 2.60. The Morgan fingerprint density at radius 3 is 2.47 bits per heavy atom. The molecule has 0 atom stereocenters. The van der Waals surface area contributed by atoms with Gasteiger partial charge < -0.3 is 9.47 Å². The number of hydrogen-bond donors (Lipinski definition) is 0. The summed E-state index contributed by atoms with van der Waals surface area (Å²) in [6.45, 7) is 9.97. The molecule has 0 amide bonds. The first-order chi connectivity index (χ1) is 9.24. The normalized spacial score (nSPS) is 16.8. The van der Waals surface area contributed by atoms with Crippen LogP contribution in [0.4, 0.5) is 0 Å². The minimum Gasteiger partial charge on any atom is -0.492 e. The molecule has 1 aliphatic rings. The summed E-state index contributed by atoms with van der Waals surface area (Å²) in [5.41, 5.74) is 1.38. The molecule has 19 heavy (non-hydrogen) atoms. The maximum absolute atomic E-state index is 5.79. The molecule has 0 radical (unpaired) electrons. The molecule has 1 aromatic rings. The van der Waals surface area contributed by atoms with E-state index in [4.69, 9.17) is 9.47 Å². The Morgan fingerprint density at radius 1 is 1.16 bits per heavy atom. The fourth-order valence-electron chi connectivity index (χ4n) is 2.31. The van der Waals surface area contributed by atoms with Gasteiger partial charge in [-0.25, -0.2) is 0 Å². The zero-order chi connectivity index (χ0) is 13.5. The SMILES string of the molecule is CC(C)Cc1ccc(OCCN2CCOCC2)cc1. The van der Waals surface area contributed by atoms with Crippen LogP contribution >= 0.6 is 0 Å². The minimum atomic E-state index is 0.702. The van der Waals surface area contributed by atoms with Crippen LogP contribution in [0.5, 0.6) is 5.75 Å². The number of ether oxygens (including phenoxy) is 2. The number of benzene rings is 1. The van der Waals surface area contributed by atoms with E-state index in [-0.39, 0.29) is 0 Å². The van der Waals surface area contributed by atoms with Crippen LogP contribution in [0.1, 0.15) is 19.4 Å². The van der Waals surface area contributed by atoms with Gasteiger partial charge in [0.2, 0.25) is 0 Å². The Hall–Kier alpha value is -1.06. The first-order valence-electron chi connectivity index (χ1n) is 7.26. The van der Waals surface area contributed by atoms with Gasteiger partial charge in [0.1, 0.15) is 12.4 Å². The van der Waals surface area contributed by atoms with Gasteiger partial charge in [-0.05, 0) is 30.0 Å². The lowest BCUT2D eigenvalue weighted by Crippen LogP contribution is -2.38. The molecule has 0 saturated carbocycles. The van der Waals surface area contributed by atoms with Crippen molar-refractivity contribution in [3.8, 4) is 5.75 Å². The van der Waals surface area contributed by atoms with Crippen molar-refractivity contribution in [2.24, 2.45) is 5.92 Å². The van der Waals surface area contributed by atoms with Crippen LogP contribution in [-0.2, 0) is 11.2 Å². The largest absolute Gasteiger partial charge is 0.492 e. The van der Waals surface area contributed by atoms with E-state index in [1.165, 1.54) is 5.56 Å². The Morgan fingerprint density at radius 2 is 1.84 bits per heavy atom. The van der Waals surface area contributed by atoms with E-state index in [9.17, 15) is 0 Å². The van der Waals surface area contributed by atoms with Crippen molar-refractivity contribution >= 4 is 0 Å². The van der Waals surface area contributed by atoms with E-state index < -0.39 is 0 Å². The van der Waals surface area contributed by atoms with Crippen LogP contribution in [0, 0.1) is 5.92 Å². The third kappa shape index (κ3) is 5.21. The lowest BCUT2D eigenvalue weighted by Gasteiger charge is -2.26. The molecule has 106 valence electrons. The summed E-state index contributed by atoms with van der Waals surface area (Å²) >= 11 is 0. The second-order valence-corrected chi connectivity index (χ2v) is 5.54. The molecule has 0 bridgehead atoms. The molecular formula is C16H25NO2. The lowest BCUT2D eigenvalue weighted by atomic mass is 10.0. The van der Waals surface area contributed by atoms with Gasteiger partial charge in [0.25, 0.3) is 0 Å². The average Bonchev–Trinajstić information content (AvgIpc) is 2.41. The Bertz CT molecular complexity index is 356. The third-order valence-corrected chi connectivity index (χ3v) is 3.35. The highest BCUT2D eigenvalue weighted by molar-refractivity contribution is 5.27. The molecule has 1 fully saturated rings. The van der Waals surface area contributed by atoms with E-state index in [1.807, 2.05) is 0 Å². The van der Waals surface area contributed by atoms with Crippen LogP contribution in [0.25, 0.3) is 0 Å². The van der Waals surface area contributed by atoms with Crippen LogP contribution in [0.15, 0.2) is 24.3 Å². The zero-order valence-electron chi connectivity index (χ0n) is 12.1. The molecule has 0 aliphatic carbocycles. The van der Waals surface area contributed by atoms with Crippen LogP contribution < -0.4 is 4.74 Å². The molecular weight excluding hydrogens is 238 g/mol. The number of rotatable bonds is 6. The molecule has 0 unspecified atom stereocenters. The van der Waals surface area contributed by atoms with Crippen LogP contribution in [-0.4, -0.2) is 44.4 Å². The zero-order valence-corrected chi connectivity index (χ0v) is 12.1. The summed E-state index contributed by atoms with van der Waals surface area (Å²) in [6.07, 6.45) is 1.13. The third-order valence-electron chi connectivity index (χ3n) is 3.35. The topological polar surface area (TPSA) is 21.7 Å². The second kappa shape index (κ2) is 7.51. The molecule has 0 N–H and O–H groups in total. The molecule has 3 heteroatoms. The highest BCUT2D eigenvalue weighted by atomic mass is 16.5. The molecule has 1 aliphatic heterocycles. The van der Waals surface area contributed by atoms with Crippen molar-refractivity contribution in [2.75, 3.05) is 39.5 Å². The Balaban J connectivity index is 1.70. The van der Waals surface area contributed by atoms with Gasteiger partial charge in [-0.2, -0.15) is 0 Å². The van der Waals surface area contributed by atoms with Crippen molar-refractivity contribution in [3.63, 3.8) is 0 Å². The van der Waals surface area contributed by atoms with Crippen molar-refractivity contribution in [1.82, 2.24) is 4.90 Å². The second-order valence-electron chi connectivity index (χ2n) is 5.54. The highest BCUT2D eigenvalue weighted by Gasteiger charge is 2.09. The first-order valence-corrected chi connectivity index (χ1v) is 7.26. The first kappa shape index (κ1) is 14.4. The summed E-state index contributed by atoms with van der Waals surface area (Å²) in [4.78, 5) is 2.39. The highest BCUT2D eigenvalue weighted by Crippen LogP contribution is 2.15. The van der Waals surface area contributed by atoms with Gasteiger partial charge in [0, 0.05) is 19.6 Å². The molecule has 1 heterocycles. The number of morpholine rings is 1. The molecule has 0 spiro atoms. The monoisotopic (exact) mass is 263 g/mol. The van der Waals surface area contributed by atoms with Gasteiger partial charge in [-0.3, -0.25) is 4.90 Å². The Kier molecular flexibility index (Phi) is 5.67. The Labute approximate surface area is 116 Å². The van der Waals surface area contributed by atoms with Crippen molar-refractivity contribution in [2.45, 2.75) is 20.3 Å². The van der Waals surface area contributed by atoms with Crippen molar-refractivity contribution < 1.29 is 9.47 Å². The molecule has 0 aromatic heterocycles. The predicted molar refractivity (Wildman–Crippen MR) is 77.7 cm³/mol. The van der Waals surface area contributed by atoms with E-state index in [1.54, 1.807) is 0 Å². The minimum absolute atomic E-state index is 0.702. The van der Waals surface area contributed by atoms with Crippen LogP contribution in [0.2, 0.25) is 0 Å². The van der Waals surface area contributed by atoms with Crippen LogP contribution in [0.3, 0.4) is 0 Å². The fourth-order valence-corrected chi connectivity index (χ4v) is 2.31. The maximum atomic E-state index is 5.79. The van der Waals surface area contributed by atoms with E-state index in [0.29, 0.717) is 5.92 Å². The van der Waals surface area contributed by atoms with E-state index in [0.717, 1.165) is 51.6 Å². The fraction of sp³-hybridized carbons (Fsp3) is 0.625. The molecule has 1 saturated heterocycles. The van der Waals surface area contributed by atoms with Gasteiger partial charge >= 0.3 is 0 Å². The maximum Gasteiger partial charge on any atom is 0.119 e. The van der Waals surface area contributed by atoms with Gasteiger partial charge in [0.15, 0.2) is 0 Å². The van der Waals surface area contributed by atoms with Gasteiger partial charge in [-0.15, -0.1) is 0 Å². The van der Waals surface area contributed by atoms with Crippen molar-refractivity contribution in [3.05, 3.63) is 29.8 Å². The van der Waals surface area contributed by atoms with E-state index >= 15 is 0 Å². The quantitative estimate of drug-likeness (QED) is 0.787. The summed E-state index contributed by atoms with van der Waals surface area (Å²) < 4.78 is 11.1.